The topological polar surface area (TPSA) is 63.8 Å². The predicted octanol–water partition coefficient (Wildman–Crippen LogP) is 3.17. The van der Waals surface area contributed by atoms with Gasteiger partial charge in [0, 0.05) is 22.7 Å². The Balaban J connectivity index is 1.92. The first-order valence-corrected chi connectivity index (χ1v) is 6.94. The zero-order valence-corrected chi connectivity index (χ0v) is 12.4. The number of hydrogen-bond acceptors (Lipinski definition) is 5. The summed E-state index contributed by atoms with van der Waals surface area (Å²) in [5.41, 5.74) is 1.84. The monoisotopic (exact) mass is 282 g/mol. The van der Waals surface area contributed by atoms with E-state index in [1.165, 1.54) is 0 Å². The van der Waals surface area contributed by atoms with Gasteiger partial charge in [-0.1, -0.05) is 12.1 Å². The first-order chi connectivity index (χ1) is 10.0. The summed E-state index contributed by atoms with van der Waals surface area (Å²) in [4.78, 5) is 4.34. The van der Waals surface area contributed by atoms with E-state index >= 15 is 0 Å². The highest BCUT2D eigenvalue weighted by Crippen LogP contribution is 2.26. The number of aromatic nitrogens is 3. The average Bonchev–Trinajstić information content (AvgIpc) is 2.92. The van der Waals surface area contributed by atoms with Gasteiger partial charge in [0.25, 0.3) is 0 Å². The maximum Gasteiger partial charge on any atom is 0.248 e. The second-order valence-corrected chi connectivity index (χ2v) is 5.98. The highest BCUT2D eigenvalue weighted by Gasteiger charge is 2.14. The second-order valence-electron chi connectivity index (χ2n) is 5.98. The molecule has 0 spiro atoms. The van der Waals surface area contributed by atoms with Gasteiger partial charge in [-0.3, -0.25) is 4.98 Å². The molecule has 0 amide bonds. The molecule has 0 bridgehead atoms. The normalized spacial score (nSPS) is 12.0. The van der Waals surface area contributed by atoms with Crippen LogP contribution in [0.25, 0.3) is 22.4 Å². The third-order valence-electron chi connectivity index (χ3n) is 3.11. The van der Waals surface area contributed by atoms with Crippen molar-refractivity contribution in [1.82, 2.24) is 20.5 Å². The molecule has 0 aliphatic rings. The molecule has 2 aromatic heterocycles. The van der Waals surface area contributed by atoms with E-state index in [9.17, 15) is 0 Å². The Morgan fingerprint density at radius 1 is 1.10 bits per heavy atom. The largest absolute Gasteiger partial charge is 0.419 e. The van der Waals surface area contributed by atoms with Gasteiger partial charge in [-0.15, -0.1) is 10.2 Å². The third-order valence-corrected chi connectivity index (χ3v) is 3.11. The maximum absolute atomic E-state index is 5.76. The molecule has 0 unspecified atom stereocenters. The molecule has 0 aliphatic heterocycles. The standard InChI is InChI=1S/C16H18N4O/c1-16(2,3)18-10-14-19-20-15(21-14)12-6-4-8-13-11(12)7-5-9-17-13/h4-9,18H,10H2,1-3H3. The number of pyridine rings is 1. The Bertz CT molecular complexity index is 753. The van der Waals surface area contributed by atoms with Crippen molar-refractivity contribution in [3.63, 3.8) is 0 Å². The van der Waals surface area contributed by atoms with Crippen LogP contribution in [0.15, 0.2) is 40.9 Å². The van der Waals surface area contributed by atoms with E-state index in [2.05, 4.69) is 41.3 Å². The van der Waals surface area contributed by atoms with Crippen LogP contribution in [0.3, 0.4) is 0 Å². The number of fused-ring (bicyclic) bond motifs is 1. The summed E-state index contributed by atoms with van der Waals surface area (Å²) in [7, 11) is 0. The predicted molar refractivity (Wildman–Crippen MR) is 81.6 cm³/mol. The van der Waals surface area contributed by atoms with Crippen molar-refractivity contribution in [2.24, 2.45) is 0 Å². The van der Waals surface area contributed by atoms with Gasteiger partial charge >= 0.3 is 0 Å². The summed E-state index contributed by atoms with van der Waals surface area (Å²) in [5.74, 6) is 1.11. The van der Waals surface area contributed by atoms with Gasteiger partial charge in [0.05, 0.1) is 12.1 Å². The summed E-state index contributed by atoms with van der Waals surface area (Å²) in [6.45, 7) is 6.85. The Hall–Kier alpha value is -2.27. The fraction of sp³-hybridized carbons (Fsp3) is 0.312. The Morgan fingerprint density at radius 3 is 2.76 bits per heavy atom. The van der Waals surface area contributed by atoms with E-state index in [1.54, 1.807) is 6.20 Å². The van der Waals surface area contributed by atoms with Crippen molar-refractivity contribution < 1.29 is 4.42 Å². The van der Waals surface area contributed by atoms with Gasteiger partial charge in [-0.05, 0) is 39.0 Å². The molecule has 0 atom stereocenters. The second kappa shape index (κ2) is 5.26. The molecule has 3 aromatic rings. The van der Waals surface area contributed by atoms with Crippen LogP contribution >= 0.6 is 0 Å². The van der Waals surface area contributed by atoms with Gasteiger partial charge in [0.1, 0.15) is 0 Å². The maximum atomic E-state index is 5.76. The Kier molecular flexibility index (Phi) is 3.43. The number of nitrogens with zero attached hydrogens (tertiary/aromatic N) is 3. The summed E-state index contributed by atoms with van der Waals surface area (Å²) in [6.07, 6.45) is 1.78. The minimum atomic E-state index is 0.0119. The van der Waals surface area contributed by atoms with Gasteiger partial charge in [0.2, 0.25) is 11.8 Å². The molecule has 0 aliphatic carbocycles. The van der Waals surface area contributed by atoms with E-state index in [-0.39, 0.29) is 5.54 Å². The fourth-order valence-electron chi connectivity index (χ4n) is 2.06. The smallest absolute Gasteiger partial charge is 0.248 e. The van der Waals surface area contributed by atoms with Crippen LogP contribution in [-0.2, 0) is 6.54 Å². The van der Waals surface area contributed by atoms with Crippen LogP contribution < -0.4 is 5.32 Å². The lowest BCUT2D eigenvalue weighted by molar-refractivity contribution is 0.383. The molecule has 0 saturated heterocycles. The zero-order chi connectivity index (χ0) is 14.9. The van der Waals surface area contributed by atoms with E-state index in [1.807, 2.05) is 30.3 Å². The zero-order valence-electron chi connectivity index (χ0n) is 12.4. The molecule has 2 heterocycles. The van der Waals surface area contributed by atoms with Gasteiger partial charge in [-0.25, -0.2) is 0 Å². The van der Waals surface area contributed by atoms with Gasteiger partial charge in [0.15, 0.2) is 0 Å². The summed E-state index contributed by atoms with van der Waals surface area (Å²) < 4.78 is 5.76. The molecule has 108 valence electrons. The molecule has 0 radical (unpaired) electrons. The molecule has 5 heteroatoms. The van der Waals surface area contributed by atoms with Crippen LogP contribution in [0.2, 0.25) is 0 Å². The molecular formula is C16H18N4O. The van der Waals surface area contributed by atoms with E-state index < -0.39 is 0 Å². The molecule has 5 nitrogen and oxygen atoms in total. The SMILES string of the molecule is CC(C)(C)NCc1nnc(-c2cccc3ncccc23)o1. The lowest BCUT2D eigenvalue weighted by Crippen LogP contribution is -2.35. The average molecular weight is 282 g/mol. The minimum Gasteiger partial charge on any atom is -0.419 e. The van der Waals surface area contributed by atoms with Crippen LogP contribution in [0.5, 0.6) is 0 Å². The molecule has 1 aromatic carbocycles. The Morgan fingerprint density at radius 2 is 1.95 bits per heavy atom. The minimum absolute atomic E-state index is 0.0119. The third kappa shape index (κ3) is 3.08. The van der Waals surface area contributed by atoms with Crippen molar-refractivity contribution in [2.45, 2.75) is 32.9 Å². The molecule has 0 fully saturated rings. The molecule has 0 saturated carbocycles. The van der Waals surface area contributed by atoms with Crippen molar-refractivity contribution >= 4 is 10.9 Å². The van der Waals surface area contributed by atoms with Crippen LogP contribution in [0.4, 0.5) is 0 Å². The van der Waals surface area contributed by atoms with E-state index in [0.29, 0.717) is 18.3 Å². The molecule has 21 heavy (non-hydrogen) atoms. The van der Waals surface area contributed by atoms with Crippen molar-refractivity contribution in [3.05, 3.63) is 42.4 Å². The van der Waals surface area contributed by atoms with Crippen molar-refractivity contribution in [2.75, 3.05) is 0 Å². The van der Waals surface area contributed by atoms with Crippen molar-refractivity contribution in [3.8, 4) is 11.5 Å². The molecular weight excluding hydrogens is 264 g/mol. The molecule has 3 rings (SSSR count). The lowest BCUT2D eigenvalue weighted by Gasteiger charge is -2.18. The quantitative estimate of drug-likeness (QED) is 0.799. The van der Waals surface area contributed by atoms with Gasteiger partial charge < -0.3 is 9.73 Å². The lowest BCUT2D eigenvalue weighted by atomic mass is 10.1. The summed E-state index contributed by atoms with van der Waals surface area (Å²) in [6, 6.07) is 9.80. The number of nitrogens with one attached hydrogen (secondary N) is 1. The summed E-state index contributed by atoms with van der Waals surface area (Å²) >= 11 is 0. The highest BCUT2D eigenvalue weighted by atomic mass is 16.4. The first kappa shape index (κ1) is 13.7. The van der Waals surface area contributed by atoms with Crippen molar-refractivity contribution in [1.29, 1.82) is 0 Å². The Labute approximate surface area is 123 Å². The van der Waals surface area contributed by atoms with Gasteiger partial charge in [-0.2, -0.15) is 0 Å². The first-order valence-electron chi connectivity index (χ1n) is 6.94. The number of benzene rings is 1. The van der Waals surface area contributed by atoms with E-state index in [0.717, 1.165) is 16.5 Å². The highest BCUT2D eigenvalue weighted by molar-refractivity contribution is 5.92. The van der Waals surface area contributed by atoms with E-state index in [4.69, 9.17) is 4.42 Å². The summed E-state index contributed by atoms with van der Waals surface area (Å²) in [5, 5.41) is 12.6. The van der Waals surface area contributed by atoms with Crippen LogP contribution in [0, 0.1) is 0 Å². The number of rotatable bonds is 3. The molecule has 1 N–H and O–H groups in total. The van der Waals surface area contributed by atoms with Crippen LogP contribution in [0.1, 0.15) is 26.7 Å². The number of hydrogen-bond donors (Lipinski definition) is 1. The van der Waals surface area contributed by atoms with Crippen LogP contribution in [-0.4, -0.2) is 20.7 Å². The fourth-order valence-corrected chi connectivity index (χ4v) is 2.06.